The SMILES string of the molecule is COC(=O)/C=C/NN1CCN(C)CC1. The first-order valence-electron chi connectivity index (χ1n) is 4.66. The Hall–Kier alpha value is -1.07. The summed E-state index contributed by atoms with van der Waals surface area (Å²) in [5.41, 5.74) is 3.03. The van der Waals surface area contributed by atoms with Crippen molar-refractivity contribution < 1.29 is 9.53 Å². The lowest BCUT2D eigenvalue weighted by atomic mass is 10.4. The van der Waals surface area contributed by atoms with Crippen LogP contribution in [0.4, 0.5) is 0 Å². The maximum Gasteiger partial charge on any atom is 0.331 e. The number of hydrazine groups is 1. The molecule has 80 valence electrons. The molecule has 5 nitrogen and oxygen atoms in total. The molecule has 1 fully saturated rings. The van der Waals surface area contributed by atoms with Crippen molar-refractivity contribution in [2.45, 2.75) is 0 Å². The largest absolute Gasteiger partial charge is 0.466 e. The van der Waals surface area contributed by atoms with Crippen LogP contribution in [0.25, 0.3) is 0 Å². The van der Waals surface area contributed by atoms with Crippen molar-refractivity contribution in [2.75, 3.05) is 40.3 Å². The number of rotatable bonds is 3. The highest BCUT2D eigenvalue weighted by Crippen LogP contribution is 1.94. The van der Waals surface area contributed by atoms with E-state index >= 15 is 0 Å². The topological polar surface area (TPSA) is 44.8 Å². The molecule has 1 heterocycles. The van der Waals surface area contributed by atoms with E-state index in [4.69, 9.17) is 0 Å². The maximum absolute atomic E-state index is 10.7. The van der Waals surface area contributed by atoms with Gasteiger partial charge in [0.2, 0.25) is 0 Å². The number of piperazine rings is 1. The lowest BCUT2D eigenvalue weighted by Gasteiger charge is -2.31. The third-order valence-corrected chi connectivity index (χ3v) is 2.18. The second-order valence-electron chi connectivity index (χ2n) is 3.28. The highest BCUT2D eigenvalue weighted by molar-refractivity contribution is 5.81. The summed E-state index contributed by atoms with van der Waals surface area (Å²) in [5.74, 6) is -0.341. The van der Waals surface area contributed by atoms with Gasteiger partial charge in [-0.05, 0) is 7.05 Å². The molecule has 0 radical (unpaired) electrons. The minimum Gasteiger partial charge on any atom is -0.466 e. The zero-order chi connectivity index (χ0) is 10.4. The number of esters is 1. The average Bonchev–Trinajstić information content (AvgIpc) is 2.21. The fourth-order valence-electron chi connectivity index (χ4n) is 1.21. The van der Waals surface area contributed by atoms with Gasteiger partial charge in [0.05, 0.1) is 7.11 Å². The third kappa shape index (κ3) is 3.76. The first-order valence-corrected chi connectivity index (χ1v) is 4.66. The van der Waals surface area contributed by atoms with Crippen molar-refractivity contribution in [1.82, 2.24) is 15.3 Å². The van der Waals surface area contributed by atoms with E-state index in [-0.39, 0.29) is 5.97 Å². The molecule has 1 aliphatic heterocycles. The third-order valence-electron chi connectivity index (χ3n) is 2.18. The number of nitrogens with zero attached hydrogens (tertiary/aromatic N) is 2. The second-order valence-corrected chi connectivity index (χ2v) is 3.28. The molecular weight excluding hydrogens is 182 g/mol. The van der Waals surface area contributed by atoms with E-state index in [1.165, 1.54) is 13.2 Å². The number of likely N-dealkylation sites (N-methyl/N-ethyl adjacent to an activating group) is 1. The van der Waals surface area contributed by atoms with Crippen LogP contribution in [0.15, 0.2) is 12.3 Å². The average molecular weight is 199 g/mol. The van der Waals surface area contributed by atoms with E-state index in [0.29, 0.717) is 0 Å². The summed E-state index contributed by atoms with van der Waals surface area (Å²) < 4.78 is 4.46. The summed E-state index contributed by atoms with van der Waals surface area (Å²) in [6, 6.07) is 0. The van der Waals surface area contributed by atoms with Gasteiger partial charge in [0.1, 0.15) is 0 Å². The summed E-state index contributed by atoms with van der Waals surface area (Å²) in [7, 11) is 3.46. The Labute approximate surface area is 84.3 Å². The first-order chi connectivity index (χ1) is 6.72. The van der Waals surface area contributed by atoms with Gasteiger partial charge in [-0.2, -0.15) is 0 Å². The minimum absolute atomic E-state index is 0.341. The Morgan fingerprint density at radius 3 is 2.57 bits per heavy atom. The van der Waals surface area contributed by atoms with Crippen LogP contribution < -0.4 is 5.43 Å². The van der Waals surface area contributed by atoms with E-state index in [1.807, 2.05) is 0 Å². The molecule has 0 aliphatic carbocycles. The lowest BCUT2D eigenvalue weighted by molar-refractivity contribution is -0.134. The van der Waals surface area contributed by atoms with Gasteiger partial charge in [-0.3, -0.25) is 0 Å². The molecule has 0 atom stereocenters. The Morgan fingerprint density at radius 1 is 1.36 bits per heavy atom. The maximum atomic E-state index is 10.7. The zero-order valence-corrected chi connectivity index (χ0v) is 8.69. The smallest absolute Gasteiger partial charge is 0.331 e. The van der Waals surface area contributed by atoms with E-state index in [1.54, 1.807) is 6.20 Å². The number of hydrogen-bond acceptors (Lipinski definition) is 5. The Morgan fingerprint density at radius 2 is 2.00 bits per heavy atom. The summed E-state index contributed by atoms with van der Waals surface area (Å²) in [6.45, 7) is 4.00. The van der Waals surface area contributed by atoms with Crippen LogP contribution in [0.1, 0.15) is 0 Å². The van der Waals surface area contributed by atoms with E-state index in [0.717, 1.165) is 26.2 Å². The van der Waals surface area contributed by atoms with Gasteiger partial charge in [-0.1, -0.05) is 0 Å². The Kier molecular flexibility index (Phi) is 4.42. The quantitative estimate of drug-likeness (QED) is 0.487. The van der Waals surface area contributed by atoms with Crippen LogP contribution >= 0.6 is 0 Å². The lowest BCUT2D eigenvalue weighted by Crippen LogP contribution is -2.49. The fraction of sp³-hybridized carbons (Fsp3) is 0.667. The highest BCUT2D eigenvalue weighted by Gasteiger charge is 2.11. The van der Waals surface area contributed by atoms with Crippen LogP contribution in [0.5, 0.6) is 0 Å². The molecule has 5 heteroatoms. The summed E-state index contributed by atoms with van der Waals surface area (Å²) in [6.07, 6.45) is 2.98. The van der Waals surface area contributed by atoms with Gasteiger partial charge >= 0.3 is 5.97 Å². The fourth-order valence-corrected chi connectivity index (χ4v) is 1.21. The first kappa shape index (κ1) is 11.0. The number of hydrogen-bond donors (Lipinski definition) is 1. The molecule has 1 aliphatic rings. The molecular formula is C9H17N3O2. The molecule has 0 aromatic rings. The van der Waals surface area contributed by atoms with E-state index in [2.05, 4.69) is 27.1 Å². The molecule has 0 saturated carbocycles. The van der Waals surface area contributed by atoms with Crippen molar-refractivity contribution >= 4 is 5.97 Å². The predicted octanol–water partition coefficient (Wildman–Crippen LogP) is -0.575. The summed E-state index contributed by atoms with van der Waals surface area (Å²) in [5, 5.41) is 2.07. The molecule has 0 unspecified atom stereocenters. The van der Waals surface area contributed by atoms with Gasteiger partial charge in [0, 0.05) is 38.5 Å². The standard InChI is InChI=1S/C9H17N3O2/c1-11-5-7-12(8-6-11)10-4-3-9(13)14-2/h3-4,10H,5-8H2,1-2H3/b4-3+. The van der Waals surface area contributed by atoms with Gasteiger partial charge in [-0.25, -0.2) is 9.80 Å². The van der Waals surface area contributed by atoms with Gasteiger partial charge < -0.3 is 15.1 Å². The summed E-state index contributed by atoms with van der Waals surface area (Å²) >= 11 is 0. The molecule has 1 N–H and O–H groups in total. The van der Waals surface area contributed by atoms with Gasteiger partial charge in [0.15, 0.2) is 0 Å². The van der Waals surface area contributed by atoms with E-state index < -0.39 is 0 Å². The normalized spacial score (nSPS) is 19.9. The van der Waals surface area contributed by atoms with Crippen LogP contribution in [-0.4, -0.2) is 56.2 Å². The molecule has 0 spiro atoms. The van der Waals surface area contributed by atoms with Crippen LogP contribution in [-0.2, 0) is 9.53 Å². The number of carbonyl (C=O) groups excluding carboxylic acids is 1. The molecule has 0 amide bonds. The van der Waals surface area contributed by atoms with Gasteiger partial charge in [0.25, 0.3) is 0 Å². The molecule has 0 aromatic heterocycles. The molecule has 0 bridgehead atoms. The van der Waals surface area contributed by atoms with Crippen molar-refractivity contribution in [2.24, 2.45) is 0 Å². The van der Waals surface area contributed by atoms with Crippen molar-refractivity contribution in [3.8, 4) is 0 Å². The zero-order valence-electron chi connectivity index (χ0n) is 8.69. The van der Waals surface area contributed by atoms with Crippen LogP contribution in [0.3, 0.4) is 0 Å². The van der Waals surface area contributed by atoms with Crippen molar-refractivity contribution in [1.29, 1.82) is 0 Å². The molecule has 1 saturated heterocycles. The van der Waals surface area contributed by atoms with Crippen LogP contribution in [0, 0.1) is 0 Å². The highest BCUT2D eigenvalue weighted by atomic mass is 16.5. The van der Waals surface area contributed by atoms with E-state index in [9.17, 15) is 4.79 Å². The molecule has 0 aromatic carbocycles. The van der Waals surface area contributed by atoms with Crippen LogP contribution in [0.2, 0.25) is 0 Å². The number of nitrogens with one attached hydrogen (secondary N) is 1. The second kappa shape index (κ2) is 5.62. The van der Waals surface area contributed by atoms with Crippen molar-refractivity contribution in [3.63, 3.8) is 0 Å². The number of carbonyl (C=O) groups is 1. The Bertz CT molecular complexity index is 210. The number of ether oxygens (including phenoxy) is 1. The summed E-state index contributed by atoms with van der Waals surface area (Å²) in [4.78, 5) is 13.0. The minimum atomic E-state index is -0.341. The number of methoxy groups -OCH3 is 1. The molecule has 1 rings (SSSR count). The molecule has 14 heavy (non-hydrogen) atoms. The van der Waals surface area contributed by atoms with Gasteiger partial charge in [-0.15, -0.1) is 0 Å². The predicted molar refractivity (Wildman–Crippen MR) is 53.4 cm³/mol. The monoisotopic (exact) mass is 199 g/mol. The van der Waals surface area contributed by atoms with Crippen molar-refractivity contribution in [3.05, 3.63) is 12.3 Å². The Balaban J connectivity index is 2.19.